The number of hydrogen-bond acceptors (Lipinski definition) is 7. The van der Waals surface area contributed by atoms with Crippen LogP contribution in [0.15, 0.2) is 60.9 Å². The lowest BCUT2D eigenvalue weighted by molar-refractivity contribution is -0.125. The largest absolute Gasteiger partial charge is 0.478 e. The second-order valence-corrected chi connectivity index (χ2v) is 7.77. The number of benzene rings is 2. The minimum atomic E-state index is -1.12. The monoisotopic (exact) mass is 476 g/mol. The summed E-state index contributed by atoms with van der Waals surface area (Å²) in [4.78, 5) is 42.5. The maximum atomic E-state index is 12.1. The molecule has 1 aromatic heterocycles. The first-order valence-corrected chi connectivity index (χ1v) is 11.0. The lowest BCUT2D eigenvalue weighted by Gasteiger charge is -2.14. The van der Waals surface area contributed by atoms with Crippen LogP contribution in [0, 0.1) is 0 Å². The minimum absolute atomic E-state index is 0.0163. The van der Waals surface area contributed by atoms with Gasteiger partial charge in [0, 0.05) is 24.9 Å². The number of aromatic carboxylic acids is 1. The Kier molecular flexibility index (Phi) is 7.63. The highest BCUT2D eigenvalue weighted by Gasteiger charge is 2.28. The van der Waals surface area contributed by atoms with E-state index in [1.807, 2.05) is 24.3 Å². The first-order valence-electron chi connectivity index (χ1n) is 11.0. The van der Waals surface area contributed by atoms with E-state index in [9.17, 15) is 14.4 Å². The molecule has 0 radical (unpaired) electrons. The van der Waals surface area contributed by atoms with E-state index in [4.69, 9.17) is 14.6 Å². The van der Waals surface area contributed by atoms with E-state index in [1.165, 1.54) is 12.4 Å². The van der Waals surface area contributed by atoms with Crippen LogP contribution in [0.5, 0.6) is 0 Å². The molecule has 0 unspecified atom stereocenters. The molecule has 10 nitrogen and oxygen atoms in total. The average molecular weight is 476 g/mol. The number of carboxylic acids is 1. The van der Waals surface area contributed by atoms with Gasteiger partial charge in [0.05, 0.1) is 18.7 Å². The summed E-state index contributed by atoms with van der Waals surface area (Å²) < 4.78 is 10.7. The quantitative estimate of drug-likeness (QED) is 0.379. The molecule has 0 atom stereocenters. The Morgan fingerprint density at radius 3 is 2.17 bits per heavy atom. The maximum Gasteiger partial charge on any atom is 0.407 e. The van der Waals surface area contributed by atoms with Crippen LogP contribution in [0.1, 0.15) is 33.2 Å². The van der Waals surface area contributed by atoms with E-state index in [2.05, 4.69) is 44.9 Å². The number of carbonyl (C=O) groups is 3. The number of alkyl carbamates (subject to hydrolysis) is 1. The number of ether oxygens (including phenoxy) is 2. The van der Waals surface area contributed by atoms with Gasteiger partial charge in [0.15, 0.2) is 0 Å². The van der Waals surface area contributed by atoms with Crippen molar-refractivity contribution in [1.29, 1.82) is 0 Å². The molecule has 0 saturated carbocycles. The smallest absolute Gasteiger partial charge is 0.407 e. The summed E-state index contributed by atoms with van der Waals surface area (Å²) in [7, 11) is 0. The second-order valence-electron chi connectivity index (χ2n) is 7.77. The fraction of sp³-hybridized carbons (Fsp3) is 0.240. The Bertz CT molecular complexity index is 1170. The number of fused-ring (bicyclic) bond motifs is 3. The molecule has 1 aliphatic rings. The molecule has 4 rings (SSSR count). The van der Waals surface area contributed by atoms with Crippen molar-refractivity contribution >= 4 is 18.0 Å². The SMILES string of the molecule is O=C(COCCNC(=O)OCC1c2ccccc2-c2ccccc21)NCc1ncc(C(=O)O)cn1. The topological polar surface area (TPSA) is 140 Å². The van der Waals surface area contributed by atoms with E-state index < -0.39 is 18.0 Å². The van der Waals surface area contributed by atoms with Crippen molar-refractivity contribution in [2.24, 2.45) is 0 Å². The molecular formula is C25H24N4O6. The van der Waals surface area contributed by atoms with Gasteiger partial charge in [-0.3, -0.25) is 4.79 Å². The highest BCUT2D eigenvalue weighted by molar-refractivity contribution is 5.86. The van der Waals surface area contributed by atoms with Gasteiger partial charge in [-0.2, -0.15) is 0 Å². The summed E-state index contributed by atoms with van der Waals surface area (Å²) in [5.41, 5.74) is 4.56. The number of nitrogens with one attached hydrogen (secondary N) is 2. The first-order chi connectivity index (χ1) is 17.0. The number of carbonyl (C=O) groups excluding carboxylic acids is 2. The molecule has 180 valence electrons. The number of carboxylic acid groups (broad SMARTS) is 1. The van der Waals surface area contributed by atoms with Gasteiger partial charge in [-0.1, -0.05) is 48.5 Å². The zero-order valence-electron chi connectivity index (χ0n) is 18.8. The predicted molar refractivity (Wildman–Crippen MR) is 125 cm³/mol. The van der Waals surface area contributed by atoms with Crippen LogP contribution in [0.4, 0.5) is 4.79 Å². The van der Waals surface area contributed by atoms with Gasteiger partial charge in [-0.25, -0.2) is 19.6 Å². The third kappa shape index (κ3) is 5.98. The molecule has 2 amide bonds. The summed E-state index contributed by atoms with van der Waals surface area (Å²) in [5.74, 6) is -1.25. The Balaban J connectivity index is 1.12. The number of amides is 2. The highest BCUT2D eigenvalue weighted by Crippen LogP contribution is 2.44. The zero-order chi connectivity index (χ0) is 24.6. The van der Waals surface area contributed by atoms with Crippen molar-refractivity contribution in [3.8, 4) is 11.1 Å². The van der Waals surface area contributed by atoms with Crippen LogP contribution in [0.3, 0.4) is 0 Å². The Hall–Kier alpha value is -4.31. The lowest BCUT2D eigenvalue weighted by atomic mass is 9.98. The van der Waals surface area contributed by atoms with Crippen molar-refractivity contribution in [3.05, 3.63) is 83.4 Å². The van der Waals surface area contributed by atoms with Crippen molar-refractivity contribution in [2.75, 3.05) is 26.4 Å². The van der Waals surface area contributed by atoms with Gasteiger partial charge in [0.2, 0.25) is 5.91 Å². The highest BCUT2D eigenvalue weighted by atomic mass is 16.5. The van der Waals surface area contributed by atoms with Crippen molar-refractivity contribution < 1.29 is 29.0 Å². The third-order valence-corrected chi connectivity index (χ3v) is 5.49. The molecule has 0 spiro atoms. The van der Waals surface area contributed by atoms with Gasteiger partial charge in [0.1, 0.15) is 19.0 Å². The number of hydrogen-bond donors (Lipinski definition) is 3. The molecule has 10 heteroatoms. The number of rotatable bonds is 10. The molecule has 3 N–H and O–H groups in total. The normalized spacial score (nSPS) is 11.9. The van der Waals surface area contributed by atoms with Gasteiger partial charge < -0.3 is 25.2 Å². The van der Waals surface area contributed by atoms with E-state index in [-0.39, 0.29) is 50.2 Å². The zero-order valence-corrected chi connectivity index (χ0v) is 18.8. The molecule has 0 aliphatic heterocycles. The van der Waals surface area contributed by atoms with E-state index in [1.54, 1.807) is 0 Å². The summed E-state index contributed by atoms with van der Waals surface area (Å²) in [6, 6.07) is 16.2. The van der Waals surface area contributed by atoms with E-state index in [0.717, 1.165) is 22.3 Å². The standard InChI is InChI=1S/C25H24N4O6/c30-23(29-13-22-27-11-16(12-28-22)24(31)32)15-34-10-9-26-25(33)35-14-21-19-7-3-1-5-17(19)18-6-2-4-8-20(18)21/h1-8,11-12,21H,9-10,13-15H2,(H,26,33)(H,29,30)(H,31,32). The van der Waals surface area contributed by atoms with E-state index >= 15 is 0 Å². The molecule has 0 saturated heterocycles. The van der Waals surface area contributed by atoms with E-state index in [0.29, 0.717) is 0 Å². The van der Waals surface area contributed by atoms with Crippen LogP contribution in [0.2, 0.25) is 0 Å². The van der Waals surface area contributed by atoms with Crippen molar-refractivity contribution in [1.82, 2.24) is 20.6 Å². The van der Waals surface area contributed by atoms with Gasteiger partial charge >= 0.3 is 12.1 Å². The molecule has 0 fully saturated rings. The van der Waals surface area contributed by atoms with Gasteiger partial charge in [-0.05, 0) is 22.3 Å². The lowest BCUT2D eigenvalue weighted by Crippen LogP contribution is -2.32. The van der Waals surface area contributed by atoms with Crippen LogP contribution in [-0.4, -0.2) is 59.4 Å². The molecular weight excluding hydrogens is 452 g/mol. The second kappa shape index (κ2) is 11.2. The summed E-state index contributed by atoms with van der Waals surface area (Å²) in [6.07, 6.45) is 1.78. The number of aromatic nitrogens is 2. The fourth-order valence-corrected chi connectivity index (χ4v) is 3.82. The summed E-state index contributed by atoms with van der Waals surface area (Å²) >= 11 is 0. The van der Waals surface area contributed by atoms with Crippen LogP contribution in [-0.2, 0) is 20.8 Å². The minimum Gasteiger partial charge on any atom is -0.478 e. The van der Waals surface area contributed by atoms with Crippen LogP contribution >= 0.6 is 0 Å². The van der Waals surface area contributed by atoms with Crippen LogP contribution in [0.25, 0.3) is 11.1 Å². The molecule has 1 aliphatic carbocycles. The molecule has 0 bridgehead atoms. The van der Waals surface area contributed by atoms with Crippen LogP contribution < -0.4 is 10.6 Å². The van der Waals surface area contributed by atoms with Gasteiger partial charge in [-0.15, -0.1) is 0 Å². The molecule has 2 aromatic carbocycles. The predicted octanol–water partition coefficient (Wildman–Crippen LogP) is 2.35. The Morgan fingerprint density at radius 1 is 0.914 bits per heavy atom. The average Bonchev–Trinajstić information content (AvgIpc) is 3.20. The number of nitrogens with zero attached hydrogens (tertiary/aromatic N) is 2. The molecule has 35 heavy (non-hydrogen) atoms. The molecule has 1 heterocycles. The Morgan fingerprint density at radius 2 is 1.54 bits per heavy atom. The van der Waals surface area contributed by atoms with Crippen molar-refractivity contribution in [2.45, 2.75) is 12.5 Å². The maximum absolute atomic E-state index is 12.1. The first kappa shape index (κ1) is 23.8. The van der Waals surface area contributed by atoms with Crippen molar-refractivity contribution in [3.63, 3.8) is 0 Å². The summed E-state index contributed by atoms with van der Waals surface area (Å²) in [5, 5.41) is 14.0. The fourth-order valence-electron chi connectivity index (χ4n) is 3.82. The van der Waals surface area contributed by atoms with Gasteiger partial charge in [0.25, 0.3) is 0 Å². The summed E-state index contributed by atoms with van der Waals surface area (Å²) in [6.45, 7) is 0.365. The Labute approximate surface area is 201 Å². The third-order valence-electron chi connectivity index (χ3n) is 5.49. The molecule has 3 aromatic rings.